The van der Waals surface area contributed by atoms with Crippen molar-refractivity contribution in [3.05, 3.63) is 28.8 Å². The smallest absolute Gasteiger partial charge is 0.342 e. The van der Waals surface area contributed by atoms with Gasteiger partial charge in [0.25, 0.3) is 5.91 Å². The number of esters is 1. The lowest BCUT2D eigenvalue weighted by Crippen LogP contribution is -2.33. The highest BCUT2D eigenvalue weighted by atomic mass is 35.5. The summed E-state index contributed by atoms with van der Waals surface area (Å²) in [6.45, 7) is 1.46. The Kier molecular flexibility index (Phi) is 4.34. The summed E-state index contributed by atoms with van der Waals surface area (Å²) in [6.07, 6.45) is -0.900. The second-order valence-corrected chi connectivity index (χ2v) is 3.77. The average molecular weight is 257 g/mol. The zero-order valence-electron chi connectivity index (χ0n) is 9.49. The number of rotatable bonds is 3. The molecule has 0 aromatic heterocycles. The zero-order chi connectivity index (χ0) is 13.0. The van der Waals surface area contributed by atoms with Crippen molar-refractivity contribution < 1.29 is 14.3 Å². The highest BCUT2D eigenvalue weighted by Gasteiger charge is 2.21. The SMILES string of the molecule is CNC(=O)C(C)OC(=O)c1c(N)cccc1Cl. The minimum absolute atomic E-state index is 0.0740. The molecule has 1 aromatic rings. The minimum atomic E-state index is -0.900. The van der Waals surface area contributed by atoms with Crippen LogP contribution in [0.25, 0.3) is 0 Å². The Labute approximate surface area is 104 Å². The van der Waals surface area contributed by atoms with E-state index in [9.17, 15) is 9.59 Å². The van der Waals surface area contributed by atoms with Gasteiger partial charge in [0.05, 0.1) is 5.02 Å². The minimum Gasteiger partial charge on any atom is -0.449 e. The van der Waals surface area contributed by atoms with Gasteiger partial charge in [-0.25, -0.2) is 4.79 Å². The predicted molar refractivity (Wildman–Crippen MR) is 64.8 cm³/mol. The molecule has 0 saturated heterocycles. The molecule has 0 heterocycles. The van der Waals surface area contributed by atoms with Crippen LogP contribution in [0, 0.1) is 0 Å². The van der Waals surface area contributed by atoms with Crippen molar-refractivity contribution in [2.24, 2.45) is 0 Å². The number of hydrogen-bond donors (Lipinski definition) is 2. The quantitative estimate of drug-likeness (QED) is 0.629. The lowest BCUT2D eigenvalue weighted by atomic mass is 10.2. The number of nitrogens with two attached hydrogens (primary N) is 1. The number of halogens is 1. The Hall–Kier alpha value is -1.75. The van der Waals surface area contributed by atoms with E-state index in [1.165, 1.54) is 26.1 Å². The van der Waals surface area contributed by atoms with E-state index in [2.05, 4.69) is 5.32 Å². The van der Waals surface area contributed by atoms with Gasteiger partial charge < -0.3 is 15.8 Å². The van der Waals surface area contributed by atoms with Gasteiger partial charge in [-0.3, -0.25) is 4.79 Å². The van der Waals surface area contributed by atoms with Gasteiger partial charge in [-0.05, 0) is 19.1 Å². The van der Waals surface area contributed by atoms with E-state index in [-0.39, 0.29) is 16.3 Å². The molecule has 0 fully saturated rings. The number of ether oxygens (including phenoxy) is 1. The highest BCUT2D eigenvalue weighted by molar-refractivity contribution is 6.34. The topological polar surface area (TPSA) is 81.4 Å². The first-order chi connectivity index (χ1) is 7.97. The molecule has 3 N–H and O–H groups in total. The molecule has 0 spiro atoms. The van der Waals surface area contributed by atoms with E-state index in [1.807, 2.05) is 0 Å². The Morgan fingerprint density at radius 2 is 2.12 bits per heavy atom. The fourth-order valence-electron chi connectivity index (χ4n) is 1.23. The zero-order valence-corrected chi connectivity index (χ0v) is 10.2. The largest absolute Gasteiger partial charge is 0.449 e. The van der Waals surface area contributed by atoms with Crippen molar-refractivity contribution in [1.82, 2.24) is 5.32 Å². The Morgan fingerprint density at radius 1 is 1.47 bits per heavy atom. The van der Waals surface area contributed by atoms with Gasteiger partial charge in [-0.2, -0.15) is 0 Å². The third-order valence-electron chi connectivity index (χ3n) is 2.15. The van der Waals surface area contributed by atoms with Gasteiger partial charge in [0, 0.05) is 12.7 Å². The van der Waals surface area contributed by atoms with Gasteiger partial charge >= 0.3 is 5.97 Å². The van der Waals surface area contributed by atoms with Crippen LogP contribution in [-0.4, -0.2) is 25.0 Å². The van der Waals surface area contributed by atoms with Crippen LogP contribution in [0.1, 0.15) is 17.3 Å². The number of carbonyl (C=O) groups is 2. The summed E-state index contributed by atoms with van der Waals surface area (Å²) >= 11 is 5.84. The molecule has 1 rings (SSSR count). The summed E-state index contributed by atoms with van der Waals surface area (Å²) in [5.74, 6) is -1.12. The number of amides is 1. The second-order valence-electron chi connectivity index (χ2n) is 3.37. The third kappa shape index (κ3) is 3.10. The van der Waals surface area contributed by atoms with Crippen molar-refractivity contribution >= 4 is 29.2 Å². The van der Waals surface area contributed by atoms with Gasteiger partial charge in [0.2, 0.25) is 0 Å². The fourth-order valence-corrected chi connectivity index (χ4v) is 1.49. The monoisotopic (exact) mass is 256 g/mol. The molecule has 5 nitrogen and oxygen atoms in total. The summed E-state index contributed by atoms with van der Waals surface area (Å²) in [7, 11) is 1.45. The molecular formula is C11H13ClN2O3. The van der Waals surface area contributed by atoms with Crippen LogP contribution < -0.4 is 11.1 Å². The average Bonchev–Trinajstić information content (AvgIpc) is 2.27. The van der Waals surface area contributed by atoms with Crippen molar-refractivity contribution in [2.45, 2.75) is 13.0 Å². The van der Waals surface area contributed by atoms with Gasteiger partial charge in [-0.1, -0.05) is 17.7 Å². The van der Waals surface area contributed by atoms with Crippen molar-refractivity contribution in [3.8, 4) is 0 Å². The summed E-state index contributed by atoms with van der Waals surface area (Å²) in [5, 5.41) is 2.56. The van der Waals surface area contributed by atoms with Crippen molar-refractivity contribution in [3.63, 3.8) is 0 Å². The predicted octanol–water partition coefficient (Wildman–Crippen LogP) is 1.21. The maximum absolute atomic E-state index is 11.8. The molecule has 0 aliphatic heterocycles. The second kappa shape index (κ2) is 5.54. The normalized spacial score (nSPS) is 11.7. The summed E-state index contributed by atoms with van der Waals surface area (Å²) in [6, 6.07) is 4.68. The summed E-state index contributed by atoms with van der Waals surface area (Å²) in [4.78, 5) is 22.9. The Morgan fingerprint density at radius 3 is 2.65 bits per heavy atom. The molecule has 17 heavy (non-hydrogen) atoms. The first-order valence-corrected chi connectivity index (χ1v) is 5.31. The van der Waals surface area contributed by atoms with E-state index < -0.39 is 18.0 Å². The van der Waals surface area contributed by atoms with Crippen LogP contribution in [0.3, 0.4) is 0 Å². The molecule has 0 aliphatic carbocycles. The number of anilines is 1. The van der Waals surface area contributed by atoms with Gasteiger partial charge in [-0.15, -0.1) is 0 Å². The first-order valence-electron chi connectivity index (χ1n) is 4.94. The van der Waals surface area contributed by atoms with E-state index in [4.69, 9.17) is 22.1 Å². The molecule has 0 aliphatic rings. The summed E-state index contributed by atoms with van der Waals surface area (Å²) in [5.41, 5.74) is 5.91. The number of hydrogen-bond acceptors (Lipinski definition) is 4. The fraction of sp³-hybridized carbons (Fsp3) is 0.273. The molecule has 1 unspecified atom stereocenters. The maximum atomic E-state index is 11.8. The van der Waals surface area contributed by atoms with Crippen molar-refractivity contribution in [2.75, 3.05) is 12.8 Å². The van der Waals surface area contributed by atoms with Crippen LogP contribution in [-0.2, 0) is 9.53 Å². The number of carbonyl (C=O) groups excluding carboxylic acids is 2. The molecule has 1 atom stereocenters. The van der Waals surface area contributed by atoms with Crippen LogP contribution >= 0.6 is 11.6 Å². The van der Waals surface area contributed by atoms with E-state index in [0.29, 0.717) is 0 Å². The molecule has 6 heteroatoms. The summed E-state index contributed by atoms with van der Waals surface area (Å²) < 4.78 is 4.94. The lowest BCUT2D eigenvalue weighted by Gasteiger charge is -2.13. The molecule has 1 amide bonds. The van der Waals surface area contributed by atoms with Crippen LogP contribution in [0.15, 0.2) is 18.2 Å². The van der Waals surface area contributed by atoms with Crippen LogP contribution in [0.2, 0.25) is 5.02 Å². The van der Waals surface area contributed by atoms with Crippen LogP contribution in [0.4, 0.5) is 5.69 Å². The standard InChI is InChI=1S/C11H13ClN2O3/c1-6(10(15)14-2)17-11(16)9-7(12)4-3-5-8(9)13/h3-6H,13H2,1-2H3,(H,14,15). The highest BCUT2D eigenvalue weighted by Crippen LogP contribution is 2.23. The third-order valence-corrected chi connectivity index (χ3v) is 2.46. The number of benzene rings is 1. The molecule has 0 saturated carbocycles. The Balaban J connectivity index is 2.87. The van der Waals surface area contributed by atoms with E-state index >= 15 is 0 Å². The maximum Gasteiger partial charge on any atom is 0.342 e. The van der Waals surface area contributed by atoms with E-state index in [1.54, 1.807) is 6.07 Å². The van der Waals surface area contributed by atoms with E-state index in [0.717, 1.165) is 0 Å². The molecule has 92 valence electrons. The number of nitrogens with one attached hydrogen (secondary N) is 1. The first kappa shape index (κ1) is 13.3. The van der Waals surface area contributed by atoms with Gasteiger partial charge in [0.1, 0.15) is 5.56 Å². The lowest BCUT2D eigenvalue weighted by molar-refractivity contribution is -0.128. The van der Waals surface area contributed by atoms with Gasteiger partial charge in [0.15, 0.2) is 6.10 Å². The van der Waals surface area contributed by atoms with Crippen molar-refractivity contribution in [1.29, 1.82) is 0 Å². The molecule has 1 aromatic carbocycles. The van der Waals surface area contributed by atoms with Crippen LogP contribution in [0.5, 0.6) is 0 Å². The Bertz CT molecular complexity index is 428. The molecule has 0 radical (unpaired) electrons. The number of nitrogen functional groups attached to an aromatic ring is 1. The molecule has 0 bridgehead atoms. The molecular weight excluding hydrogens is 244 g/mol. The number of likely N-dealkylation sites (N-methyl/N-ethyl adjacent to an activating group) is 1.